The van der Waals surface area contributed by atoms with Gasteiger partial charge in [-0.2, -0.15) is 0 Å². The van der Waals surface area contributed by atoms with Gasteiger partial charge in [-0.15, -0.1) is 0 Å². The van der Waals surface area contributed by atoms with E-state index in [1.54, 1.807) is 12.1 Å². The number of aromatic nitrogens is 1. The number of aryl methyl sites for hydroxylation is 1. The fourth-order valence-corrected chi connectivity index (χ4v) is 3.04. The lowest BCUT2D eigenvalue weighted by molar-refractivity contribution is -0.121. The largest absolute Gasteiger partial charge is 0.455 e. The topological polar surface area (TPSA) is 89.7 Å². The minimum absolute atomic E-state index is 0.0287. The first kappa shape index (κ1) is 18.6. The Labute approximate surface area is 166 Å². The van der Waals surface area contributed by atoms with Crippen molar-refractivity contribution >= 4 is 23.5 Å². The number of ether oxygens (including phenoxy) is 1. The second-order valence-electron chi connectivity index (χ2n) is 6.76. The number of benzene rings is 2. The quantitative estimate of drug-likeness (QED) is 0.488. The number of nitrogens with zero attached hydrogens (tertiary/aromatic N) is 2. The number of imide groups is 1. The number of oxazole rings is 1. The van der Waals surface area contributed by atoms with Crippen LogP contribution < -0.4 is 4.90 Å². The molecule has 4 rings (SSSR count). The molecule has 0 atom stereocenters. The molecule has 1 aliphatic heterocycles. The summed E-state index contributed by atoms with van der Waals surface area (Å²) in [6.07, 6.45) is 1.88. The van der Waals surface area contributed by atoms with E-state index in [9.17, 15) is 14.4 Å². The molecule has 2 aromatic carbocycles. The fraction of sp³-hybridized carbons (Fsp3) is 0.182. The molecule has 29 heavy (non-hydrogen) atoms. The zero-order chi connectivity index (χ0) is 20.4. The predicted molar refractivity (Wildman–Crippen MR) is 104 cm³/mol. The van der Waals surface area contributed by atoms with E-state index in [1.807, 2.05) is 31.2 Å². The van der Waals surface area contributed by atoms with E-state index >= 15 is 0 Å². The molecule has 1 aromatic heterocycles. The monoisotopic (exact) mass is 390 g/mol. The van der Waals surface area contributed by atoms with Gasteiger partial charge in [-0.05, 0) is 43.3 Å². The van der Waals surface area contributed by atoms with Crippen LogP contribution in [0, 0.1) is 6.92 Å². The van der Waals surface area contributed by atoms with Crippen molar-refractivity contribution in [3.05, 3.63) is 71.6 Å². The van der Waals surface area contributed by atoms with Gasteiger partial charge in [0.05, 0.1) is 11.3 Å². The number of amides is 2. The molecule has 2 heterocycles. The van der Waals surface area contributed by atoms with Crippen molar-refractivity contribution in [2.45, 2.75) is 26.4 Å². The Kier molecular flexibility index (Phi) is 4.95. The lowest BCUT2D eigenvalue weighted by atomic mass is 10.1. The minimum atomic E-state index is -0.532. The second kappa shape index (κ2) is 7.71. The molecular weight excluding hydrogens is 372 g/mol. The number of anilines is 1. The van der Waals surface area contributed by atoms with Crippen LogP contribution in [-0.4, -0.2) is 22.8 Å². The van der Waals surface area contributed by atoms with Crippen LogP contribution in [0.15, 0.2) is 59.2 Å². The number of rotatable bonds is 5. The number of carbonyl (C=O) groups excluding carboxylic acids is 3. The van der Waals surface area contributed by atoms with Crippen LogP contribution in [0.5, 0.6) is 0 Å². The number of esters is 1. The Balaban J connectivity index is 1.38. The second-order valence-corrected chi connectivity index (χ2v) is 6.76. The molecule has 7 nitrogen and oxygen atoms in total. The van der Waals surface area contributed by atoms with Gasteiger partial charge >= 0.3 is 5.97 Å². The molecule has 0 radical (unpaired) electrons. The van der Waals surface area contributed by atoms with Crippen molar-refractivity contribution in [2.75, 3.05) is 4.90 Å². The number of carbonyl (C=O) groups is 3. The van der Waals surface area contributed by atoms with Gasteiger partial charge in [0.1, 0.15) is 18.6 Å². The maximum absolute atomic E-state index is 12.3. The summed E-state index contributed by atoms with van der Waals surface area (Å²) in [5.41, 5.74) is 3.25. The smallest absolute Gasteiger partial charge is 0.338 e. The highest BCUT2D eigenvalue weighted by atomic mass is 16.5. The van der Waals surface area contributed by atoms with Crippen molar-refractivity contribution in [2.24, 2.45) is 0 Å². The maximum atomic E-state index is 12.3. The van der Waals surface area contributed by atoms with E-state index in [1.165, 1.54) is 18.4 Å². The summed E-state index contributed by atoms with van der Waals surface area (Å²) >= 11 is 0. The van der Waals surface area contributed by atoms with E-state index in [4.69, 9.17) is 9.15 Å². The first-order chi connectivity index (χ1) is 14.0. The van der Waals surface area contributed by atoms with E-state index < -0.39 is 5.97 Å². The van der Waals surface area contributed by atoms with E-state index in [-0.39, 0.29) is 31.3 Å². The van der Waals surface area contributed by atoms with Crippen molar-refractivity contribution in [1.82, 2.24) is 4.98 Å². The average Bonchev–Trinajstić information content (AvgIpc) is 3.33. The first-order valence-corrected chi connectivity index (χ1v) is 9.16. The Morgan fingerprint density at radius 2 is 1.69 bits per heavy atom. The van der Waals surface area contributed by atoms with Crippen LogP contribution >= 0.6 is 0 Å². The number of hydrogen-bond donors (Lipinski definition) is 0. The summed E-state index contributed by atoms with van der Waals surface area (Å²) in [4.78, 5) is 41.3. The Morgan fingerprint density at radius 1 is 1.03 bits per heavy atom. The third-order valence-corrected chi connectivity index (χ3v) is 4.61. The fourth-order valence-electron chi connectivity index (χ4n) is 3.04. The normalized spacial score (nSPS) is 13.8. The highest BCUT2D eigenvalue weighted by Gasteiger charge is 2.30. The van der Waals surface area contributed by atoms with Crippen LogP contribution in [0.2, 0.25) is 0 Å². The molecule has 1 aliphatic rings. The van der Waals surface area contributed by atoms with Crippen molar-refractivity contribution in [3.8, 4) is 11.5 Å². The summed E-state index contributed by atoms with van der Waals surface area (Å²) in [5, 5.41) is 0. The Hall–Kier alpha value is -3.74. The molecular formula is C22H18N2O5. The van der Waals surface area contributed by atoms with Crippen LogP contribution in [0.3, 0.4) is 0 Å². The third kappa shape index (κ3) is 3.94. The molecule has 3 aromatic rings. The van der Waals surface area contributed by atoms with Crippen LogP contribution in [-0.2, 0) is 20.9 Å². The van der Waals surface area contributed by atoms with Gasteiger partial charge in [-0.1, -0.05) is 17.7 Å². The molecule has 1 fully saturated rings. The van der Waals surface area contributed by atoms with E-state index in [0.717, 1.165) is 16.0 Å². The Bertz CT molecular complexity index is 1050. The summed E-state index contributed by atoms with van der Waals surface area (Å²) in [6.45, 7) is 1.97. The van der Waals surface area contributed by atoms with Gasteiger partial charge < -0.3 is 9.15 Å². The van der Waals surface area contributed by atoms with Crippen molar-refractivity contribution in [3.63, 3.8) is 0 Å². The van der Waals surface area contributed by atoms with E-state index in [0.29, 0.717) is 22.8 Å². The third-order valence-electron chi connectivity index (χ3n) is 4.61. The Morgan fingerprint density at radius 3 is 2.34 bits per heavy atom. The molecule has 7 heteroatoms. The standard InChI is InChI=1S/C22H18N2O5/c1-14-2-4-15(5-3-14)21-23-17(12-28-21)13-29-22(27)16-6-8-18(9-7-16)24-19(25)10-11-20(24)26/h2-9,12H,10-11,13H2,1H3. The summed E-state index contributed by atoms with van der Waals surface area (Å²) < 4.78 is 10.7. The highest BCUT2D eigenvalue weighted by molar-refractivity contribution is 6.19. The minimum Gasteiger partial charge on any atom is -0.455 e. The van der Waals surface area contributed by atoms with E-state index in [2.05, 4.69) is 4.98 Å². The zero-order valence-corrected chi connectivity index (χ0v) is 15.8. The first-order valence-electron chi connectivity index (χ1n) is 9.16. The molecule has 0 aliphatic carbocycles. The lowest BCUT2D eigenvalue weighted by Crippen LogP contribution is -2.28. The summed E-state index contributed by atoms with van der Waals surface area (Å²) in [5.74, 6) is -0.544. The SMILES string of the molecule is Cc1ccc(-c2nc(COC(=O)c3ccc(N4C(=O)CCC4=O)cc3)co2)cc1. The molecule has 2 amide bonds. The molecule has 0 unspecified atom stereocenters. The van der Waals surface area contributed by atoms with Crippen molar-refractivity contribution in [1.29, 1.82) is 0 Å². The van der Waals surface area contributed by atoms with Gasteiger partial charge in [-0.25, -0.2) is 9.78 Å². The van der Waals surface area contributed by atoms with Crippen LogP contribution in [0.25, 0.3) is 11.5 Å². The molecule has 1 saturated heterocycles. The van der Waals surface area contributed by atoms with Gasteiger partial charge in [0.25, 0.3) is 0 Å². The predicted octanol–water partition coefficient (Wildman–Crippen LogP) is 3.66. The molecule has 146 valence electrons. The van der Waals surface area contributed by atoms with Gasteiger partial charge in [0, 0.05) is 18.4 Å². The molecule has 0 saturated carbocycles. The van der Waals surface area contributed by atoms with Crippen molar-refractivity contribution < 1.29 is 23.5 Å². The summed E-state index contributed by atoms with van der Waals surface area (Å²) in [7, 11) is 0. The maximum Gasteiger partial charge on any atom is 0.338 e. The molecule has 0 spiro atoms. The number of hydrogen-bond acceptors (Lipinski definition) is 6. The lowest BCUT2D eigenvalue weighted by Gasteiger charge is -2.13. The van der Waals surface area contributed by atoms with Crippen LogP contribution in [0.4, 0.5) is 5.69 Å². The van der Waals surface area contributed by atoms with Crippen LogP contribution in [0.1, 0.15) is 34.5 Å². The van der Waals surface area contributed by atoms with Gasteiger partial charge in [0.2, 0.25) is 17.7 Å². The molecule has 0 N–H and O–H groups in total. The van der Waals surface area contributed by atoms with Gasteiger partial charge in [0.15, 0.2) is 0 Å². The zero-order valence-electron chi connectivity index (χ0n) is 15.8. The highest BCUT2D eigenvalue weighted by Crippen LogP contribution is 2.23. The molecule has 0 bridgehead atoms. The average molecular weight is 390 g/mol. The summed E-state index contributed by atoms with van der Waals surface area (Å²) in [6, 6.07) is 13.9. The van der Waals surface area contributed by atoms with Gasteiger partial charge in [-0.3, -0.25) is 14.5 Å².